The van der Waals surface area contributed by atoms with Gasteiger partial charge in [-0.15, -0.1) is 0 Å². The third-order valence-corrected chi connectivity index (χ3v) is 5.20. The largest absolute Gasteiger partial charge is 0.352 e. The van der Waals surface area contributed by atoms with E-state index in [0.29, 0.717) is 16.6 Å². The molecule has 0 bridgehead atoms. The molecule has 3 aromatic carbocycles. The lowest BCUT2D eigenvalue weighted by Crippen LogP contribution is -2.29. The summed E-state index contributed by atoms with van der Waals surface area (Å²) in [6.07, 6.45) is 0.220. The first-order valence-corrected chi connectivity index (χ1v) is 10.2. The zero-order valence-corrected chi connectivity index (χ0v) is 17.2. The van der Waals surface area contributed by atoms with E-state index in [1.807, 2.05) is 6.07 Å². The van der Waals surface area contributed by atoms with Crippen LogP contribution in [-0.2, 0) is 24.3 Å². The molecule has 5 nitrogen and oxygen atoms in total. The number of para-hydroxylation sites is 2. The first-order valence-electron chi connectivity index (χ1n) is 10.2. The number of rotatable bonds is 7. The zero-order valence-electron chi connectivity index (χ0n) is 17.2. The highest BCUT2D eigenvalue weighted by molar-refractivity contribution is 5.77. The summed E-state index contributed by atoms with van der Waals surface area (Å²) >= 11 is 0. The number of halogens is 2. The van der Waals surface area contributed by atoms with Gasteiger partial charge in [0.1, 0.15) is 17.3 Å². The van der Waals surface area contributed by atoms with E-state index in [-0.39, 0.29) is 54.7 Å². The van der Waals surface area contributed by atoms with Crippen molar-refractivity contribution in [2.24, 2.45) is 0 Å². The van der Waals surface area contributed by atoms with Gasteiger partial charge in [-0.05, 0) is 35.9 Å². The minimum Gasteiger partial charge on any atom is -0.352 e. The van der Waals surface area contributed by atoms with E-state index in [1.54, 1.807) is 48.5 Å². The van der Waals surface area contributed by atoms with E-state index >= 15 is 0 Å². The molecule has 1 amide bonds. The van der Waals surface area contributed by atoms with Crippen LogP contribution in [0.2, 0.25) is 0 Å². The average molecular weight is 433 g/mol. The van der Waals surface area contributed by atoms with Gasteiger partial charge in [0.2, 0.25) is 5.91 Å². The fourth-order valence-corrected chi connectivity index (χ4v) is 3.49. The van der Waals surface area contributed by atoms with Gasteiger partial charge in [0.05, 0.1) is 17.6 Å². The first kappa shape index (κ1) is 21.4. The standard InChI is InChI=1S/C25H21F2N3O2/c26-19-11-9-17(10-12-19)15-28-24(31)14-13-22-25(32)30(16-18-5-1-2-6-20(18)27)23-8-4-3-7-21(23)29-22/h1-12H,13-16H2,(H,28,31). The highest BCUT2D eigenvalue weighted by atomic mass is 19.1. The lowest BCUT2D eigenvalue weighted by molar-refractivity contribution is -0.121. The van der Waals surface area contributed by atoms with Crippen molar-refractivity contribution >= 4 is 16.9 Å². The van der Waals surface area contributed by atoms with Crippen molar-refractivity contribution in [3.05, 3.63) is 112 Å². The second kappa shape index (κ2) is 9.51. The van der Waals surface area contributed by atoms with E-state index in [9.17, 15) is 18.4 Å². The molecular formula is C25H21F2N3O2. The van der Waals surface area contributed by atoms with Gasteiger partial charge in [0.25, 0.3) is 5.56 Å². The van der Waals surface area contributed by atoms with E-state index in [0.717, 1.165) is 5.56 Å². The van der Waals surface area contributed by atoms with Gasteiger partial charge in [0.15, 0.2) is 0 Å². The molecule has 1 heterocycles. The maximum absolute atomic E-state index is 14.2. The Hall–Kier alpha value is -3.87. The lowest BCUT2D eigenvalue weighted by Gasteiger charge is -2.13. The molecule has 0 saturated carbocycles. The summed E-state index contributed by atoms with van der Waals surface area (Å²) in [6, 6.07) is 19.3. The summed E-state index contributed by atoms with van der Waals surface area (Å²) < 4.78 is 28.7. The van der Waals surface area contributed by atoms with Crippen molar-refractivity contribution in [3.63, 3.8) is 0 Å². The number of benzene rings is 3. The van der Waals surface area contributed by atoms with E-state index in [2.05, 4.69) is 10.3 Å². The van der Waals surface area contributed by atoms with Crippen molar-refractivity contribution in [3.8, 4) is 0 Å². The highest BCUT2D eigenvalue weighted by Crippen LogP contribution is 2.14. The van der Waals surface area contributed by atoms with Gasteiger partial charge in [-0.25, -0.2) is 13.8 Å². The molecule has 4 rings (SSSR count). The predicted molar refractivity (Wildman–Crippen MR) is 118 cm³/mol. The Morgan fingerprint density at radius 2 is 1.66 bits per heavy atom. The Kier molecular flexibility index (Phi) is 6.35. The first-order chi connectivity index (χ1) is 15.5. The second-order valence-electron chi connectivity index (χ2n) is 7.43. The van der Waals surface area contributed by atoms with Gasteiger partial charge in [-0.1, -0.05) is 42.5 Å². The number of aryl methyl sites for hydroxylation is 1. The number of aromatic nitrogens is 2. The third kappa shape index (κ3) is 4.88. The Balaban J connectivity index is 1.53. The predicted octanol–water partition coefficient (Wildman–Crippen LogP) is 3.97. The van der Waals surface area contributed by atoms with Crippen molar-refractivity contribution in [1.29, 1.82) is 0 Å². The maximum atomic E-state index is 14.2. The summed E-state index contributed by atoms with van der Waals surface area (Å²) in [5.74, 6) is -0.972. The molecule has 0 aliphatic rings. The molecule has 0 fully saturated rings. The maximum Gasteiger partial charge on any atom is 0.273 e. The van der Waals surface area contributed by atoms with Crippen LogP contribution in [0, 0.1) is 11.6 Å². The monoisotopic (exact) mass is 433 g/mol. The molecule has 0 aliphatic heterocycles. The molecule has 1 N–H and O–H groups in total. The summed E-state index contributed by atoms with van der Waals surface area (Å²) in [5, 5.41) is 2.76. The molecule has 1 aromatic heterocycles. The minimum atomic E-state index is -0.387. The lowest BCUT2D eigenvalue weighted by atomic mass is 10.1. The number of hydrogen-bond donors (Lipinski definition) is 1. The van der Waals surface area contributed by atoms with Crippen LogP contribution < -0.4 is 10.9 Å². The number of carbonyl (C=O) groups is 1. The number of fused-ring (bicyclic) bond motifs is 1. The molecule has 32 heavy (non-hydrogen) atoms. The van der Waals surface area contributed by atoms with E-state index < -0.39 is 0 Å². The fourth-order valence-electron chi connectivity index (χ4n) is 3.49. The SMILES string of the molecule is O=C(CCc1nc2ccccc2n(Cc2ccccc2F)c1=O)NCc1ccc(F)cc1. The summed E-state index contributed by atoms with van der Waals surface area (Å²) in [6.45, 7) is 0.333. The zero-order chi connectivity index (χ0) is 22.5. The van der Waals surface area contributed by atoms with Gasteiger partial charge in [-0.2, -0.15) is 0 Å². The van der Waals surface area contributed by atoms with Crippen molar-refractivity contribution in [2.45, 2.75) is 25.9 Å². The van der Waals surface area contributed by atoms with Crippen molar-refractivity contribution in [1.82, 2.24) is 14.9 Å². The van der Waals surface area contributed by atoms with E-state index in [4.69, 9.17) is 0 Å². The van der Waals surface area contributed by atoms with Gasteiger partial charge in [0, 0.05) is 24.9 Å². The number of carbonyl (C=O) groups excluding carboxylic acids is 1. The Labute approximate surface area is 183 Å². The van der Waals surface area contributed by atoms with Crippen LogP contribution in [0.3, 0.4) is 0 Å². The molecule has 0 radical (unpaired) electrons. The summed E-state index contributed by atoms with van der Waals surface area (Å²) in [4.78, 5) is 29.9. The van der Waals surface area contributed by atoms with E-state index in [1.165, 1.54) is 22.8 Å². The minimum absolute atomic E-state index is 0.0678. The Morgan fingerprint density at radius 3 is 2.44 bits per heavy atom. The number of hydrogen-bond acceptors (Lipinski definition) is 3. The molecule has 4 aromatic rings. The average Bonchev–Trinajstić information content (AvgIpc) is 2.80. The smallest absolute Gasteiger partial charge is 0.273 e. The summed E-state index contributed by atoms with van der Waals surface area (Å²) in [5.41, 5.74) is 2.27. The van der Waals surface area contributed by atoms with Gasteiger partial charge in [-0.3, -0.25) is 9.59 Å². The van der Waals surface area contributed by atoms with Crippen molar-refractivity contribution < 1.29 is 13.6 Å². The van der Waals surface area contributed by atoms with Crippen LogP contribution >= 0.6 is 0 Å². The molecular weight excluding hydrogens is 412 g/mol. The molecule has 0 atom stereocenters. The molecule has 0 unspecified atom stereocenters. The van der Waals surface area contributed by atoms with Gasteiger partial charge >= 0.3 is 0 Å². The van der Waals surface area contributed by atoms with Gasteiger partial charge < -0.3 is 9.88 Å². The number of amides is 1. The Morgan fingerprint density at radius 1 is 0.938 bits per heavy atom. The quantitative estimate of drug-likeness (QED) is 0.480. The van der Waals surface area contributed by atoms with Crippen LogP contribution in [0.25, 0.3) is 11.0 Å². The van der Waals surface area contributed by atoms with Crippen LogP contribution in [0.15, 0.2) is 77.6 Å². The van der Waals surface area contributed by atoms with Crippen LogP contribution in [0.1, 0.15) is 23.2 Å². The molecule has 0 aliphatic carbocycles. The normalized spacial score (nSPS) is 10.9. The van der Waals surface area contributed by atoms with Crippen molar-refractivity contribution in [2.75, 3.05) is 0 Å². The third-order valence-electron chi connectivity index (χ3n) is 5.20. The molecule has 7 heteroatoms. The van der Waals surface area contributed by atoms with Crippen LogP contribution in [-0.4, -0.2) is 15.5 Å². The number of nitrogens with zero attached hydrogens (tertiary/aromatic N) is 2. The fraction of sp³-hybridized carbons (Fsp3) is 0.160. The second-order valence-corrected chi connectivity index (χ2v) is 7.43. The molecule has 0 saturated heterocycles. The van der Waals surface area contributed by atoms with Crippen LogP contribution in [0.5, 0.6) is 0 Å². The molecule has 0 spiro atoms. The Bertz CT molecular complexity index is 1320. The highest BCUT2D eigenvalue weighted by Gasteiger charge is 2.14. The number of nitrogens with one attached hydrogen (secondary N) is 1. The van der Waals surface area contributed by atoms with Crippen LogP contribution in [0.4, 0.5) is 8.78 Å². The summed E-state index contributed by atoms with van der Waals surface area (Å²) in [7, 11) is 0. The molecule has 162 valence electrons. The topological polar surface area (TPSA) is 64.0 Å².